The van der Waals surface area contributed by atoms with Crippen molar-refractivity contribution in [1.29, 1.82) is 0 Å². The highest BCUT2D eigenvalue weighted by Crippen LogP contribution is 2.28. The number of piperidine rings is 1. The molecule has 1 saturated heterocycles. The Balaban J connectivity index is 2.12. The minimum absolute atomic E-state index is 0.00267. The Morgan fingerprint density at radius 3 is 2.59 bits per heavy atom. The molecule has 1 unspecified atom stereocenters. The molecule has 0 bridgehead atoms. The van der Waals surface area contributed by atoms with Gasteiger partial charge in [0.2, 0.25) is 0 Å². The molecule has 1 aliphatic heterocycles. The largest absolute Gasteiger partial charge is 0.338 e. The first-order chi connectivity index (χ1) is 8.00. The fraction of sp³-hybridized carbons (Fsp3) is 0.500. The summed E-state index contributed by atoms with van der Waals surface area (Å²) in [6, 6.07) is 9.63. The van der Waals surface area contributed by atoms with Crippen molar-refractivity contribution in [3.8, 4) is 0 Å². The van der Waals surface area contributed by atoms with Crippen molar-refractivity contribution in [2.24, 2.45) is 11.1 Å². The maximum absolute atomic E-state index is 12.3. The third-order valence-electron chi connectivity index (χ3n) is 3.62. The molecule has 1 aliphatic rings. The highest BCUT2D eigenvalue weighted by Gasteiger charge is 2.35. The number of likely N-dealkylation sites (tertiary alicyclic amines) is 1. The second-order valence-electron chi connectivity index (χ2n) is 5.48. The summed E-state index contributed by atoms with van der Waals surface area (Å²) in [7, 11) is 0. The number of nitrogens with two attached hydrogens (primary N) is 1. The third-order valence-corrected chi connectivity index (χ3v) is 3.62. The molecule has 3 heteroatoms. The summed E-state index contributed by atoms with van der Waals surface area (Å²) < 4.78 is 0. The number of hydrogen-bond acceptors (Lipinski definition) is 2. The van der Waals surface area contributed by atoms with Gasteiger partial charge in [-0.15, -0.1) is 0 Å². The van der Waals surface area contributed by atoms with Gasteiger partial charge in [0.05, 0.1) is 0 Å². The van der Waals surface area contributed by atoms with Crippen molar-refractivity contribution in [2.45, 2.75) is 26.3 Å². The van der Waals surface area contributed by atoms with Crippen molar-refractivity contribution < 1.29 is 4.79 Å². The van der Waals surface area contributed by atoms with E-state index < -0.39 is 0 Å². The average molecular weight is 232 g/mol. The van der Waals surface area contributed by atoms with Crippen molar-refractivity contribution in [1.82, 2.24) is 4.90 Å². The standard InChI is InChI=1S/C14H20N2O/c1-14(2)10-16(9-8-12(14)15)13(17)11-6-4-3-5-7-11/h3-7,12H,8-10,15H2,1-2H3. The summed E-state index contributed by atoms with van der Waals surface area (Å²) in [6.45, 7) is 5.75. The first kappa shape index (κ1) is 12.1. The second-order valence-corrected chi connectivity index (χ2v) is 5.48. The quantitative estimate of drug-likeness (QED) is 0.803. The summed E-state index contributed by atoms with van der Waals surface area (Å²) in [5.74, 6) is 0.116. The Kier molecular flexibility index (Phi) is 3.20. The van der Waals surface area contributed by atoms with E-state index in [-0.39, 0.29) is 17.4 Å². The van der Waals surface area contributed by atoms with Gasteiger partial charge in [0, 0.05) is 24.7 Å². The number of rotatable bonds is 1. The highest BCUT2D eigenvalue weighted by molar-refractivity contribution is 5.94. The number of carbonyl (C=O) groups is 1. The molecule has 1 aromatic rings. The Labute approximate surface area is 103 Å². The van der Waals surface area contributed by atoms with E-state index in [2.05, 4.69) is 13.8 Å². The van der Waals surface area contributed by atoms with Crippen LogP contribution in [0.15, 0.2) is 30.3 Å². The molecule has 3 nitrogen and oxygen atoms in total. The van der Waals surface area contributed by atoms with Crippen molar-refractivity contribution >= 4 is 5.91 Å². The van der Waals surface area contributed by atoms with Gasteiger partial charge >= 0.3 is 0 Å². The molecular formula is C14H20N2O. The van der Waals surface area contributed by atoms with Crippen LogP contribution in [0, 0.1) is 5.41 Å². The molecule has 1 fully saturated rings. The summed E-state index contributed by atoms with van der Waals surface area (Å²) >= 11 is 0. The van der Waals surface area contributed by atoms with E-state index in [1.807, 2.05) is 35.2 Å². The lowest BCUT2D eigenvalue weighted by molar-refractivity contribution is 0.0533. The van der Waals surface area contributed by atoms with E-state index in [9.17, 15) is 4.79 Å². The zero-order chi connectivity index (χ0) is 12.5. The van der Waals surface area contributed by atoms with Gasteiger partial charge in [-0.1, -0.05) is 32.0 Å². The maximum Gasteiger partial charge on any atom is 0.253 e. The van der Waals surface area contributed by atoms with Crippen molar-refractivity contribution in [3.05, 3.63) is 35.9 Å². The molecule has 0 aliphatic carbocycles. The lowest BCUT2D eigenvalue weighted by Crippen LogP contribution is -2.53. The minimum Gasteiger partial charge on any atom is -0.338 e. The van der Waals surface area contributed by atoms with E-state index in [0.29, 0.717) is 0 Å². The van der Waals surface area contributed by atoms with Crippen LogP contribution in [-0.2, 0) is 0 Å². The second kappa shape index (κ2) is 4.49. The van der Waals surface area contributed by atoms with Gasteiger partial charge in [-0.3, -0.25) is 4.79 Å². The average Bonchev–Trinajstić information content (AvgIpc) is 2.33. The molecule has 1 heterocycles. The van der Waals surface area contributed by atoms with E-state index in [0.717, 1.165) is 25.1 Å². The van der Waals surface area contributed by atoms with Crippen molar-refractivity contribution in [2.75, 3.05) is 13.1 Å². The molecule has 0 spiro atoms. The molecule has 17 heavy (non-hydrogen) atoms. The van der Waals surface area contributed by atoms with E-state index >= 15 is 0 Å². The van der Waals surface area contributed by atoms with Gasteiger partial charge in [0.25, 0.3) is 5.91 Å². The monoisotopic (exact) mass is 232 g/mol. The van der Waals surface area contributed by atoms with Gasteiger partial charge in [-0.2, -0.15) is 0 Å². The summed E-state index contributed by atoms with van der Waals surface area (Å²) in [6.07, 6.45) is 0.881. The topological polar surface area (TPSA) is 46.3 Å². The Bertz CT molecular complexity index is 400. The van der Waals surface area contributed by atoms with Crippen LogP contribution in [-0.4, -0.2) is 29.9 Å². The van der Waals surface area contributed by atoms with E-state index in [1.54, 1.807) is 0 Å². The summed E-state index contributed by atoms with van der Waals surface area (Å²) in [4.78, 5) is 14.2. The van der Waals surface area contributed by atoms with E-state index in [1.165, 1.54) is 0 Å². The molecule has 2 rings (SSSR count). The lowest BCUT2D eigenvalue weighted by atomic mass is 9.79. The number of amides is 1. The fourth-order valence-corrected chi connectivity index (χ4v) is 2.31. The van der Waals surface area contributed by atoms with E-state index in [4.69, 9.17) is 5.73 Å². The van der Waals surface area contributed by atoms with Gasteiger partial charge < -0.3 is 10.6 Å². The smallest absolute Gasteiger partial charge is 0.253 e. The first-order valence-electron chi connectivity index (χ1n) is 6.10. The van der Waals surface area contributed by atoms with Crippen LogP contribution < -0.4 is 5.73 Å². The molecule has 1 atom stereocenters. The molecule has 92 valence electrons. The SMILES string of the molecule is CC1(C)CN(C(=O)c2ccccc2)CCC1N. The third kappa shape index (κ3) is 2.50. The molecule has 0 radical (unpaired) electrons. The van der Waals surface area contributed by atoms with Crippen LogP contribution in [0.2, 0.25) is 0 Å². The molecule has 1 amide bonds. The van der Waals surface area contributed by atoms with Gasteiger partial charge in [-0.25, -0.2) is 0 Å². The number of hydrogen-bond donors (Lipinski definition) is 1. The highest BCUT2D eigenvalue weighted by atomic mass is 16.2. The van der Waals surface area contributed by atoms with Crippen LogP contribution in [0.1, 0.15) is 30.6 Å². The number of nitrogens with zero attached hydrogens (tertiary/aromatic N) is 1. The minimum atomic E-state index is 0.00267. The van der Waals surface area contributed by atoms with Gasteiger partial charge in [-0.05, 0) is 24.0 Å². The van der Waals surface area contributed by atoms with Crippen LogP contribution in [0.5, 0.6) is 0 Å². The summed E-state index contributed by atoms with van der Waals surface area (Å²) in [5, 5.41) is 0. The zero-order valence-corrected chi connectivity index (χ0v) is 10.5. The Morgan fingerprint density at radius 2 is 2.00 bits per heavy atom. The van der Waals surface area contributed by atoms with Crippen LogP contribution >= 0.6 is 0 Å². The normalized spacial score (nSPS) is 23.5. The molecular weight excluding hydrogens is 212 g/mol. The molecule has 2 N–H and O–H groups in total. The Morgan fingerprint density at radius 1 is 1.35 bits per heavy atom. The lowest BCUT2D eigenvalue weighted by Gasteiger charge is -2.42. The predicted molar refractivity (Wildman–Crippen MR) is 68.7 cm³/mol. The number of benzene rings is 1. The number of carbonyl (C=O) groups excluding carboxylic acids is 1. The maximum atomic E-state index is 12.3. The summed E-state index contributed by atoms with van der Waals surface area (Å²) in [5.41, 5.74) is 6.84. The van der Waals surface area contributed by atoms with Crippen LogP contribution in [0.25, 0.3) is 0 Å². The van der Waals surface area contributed by atoms with Crippen LogP contribution in [0.3, 0.4) is 0 Å². The molecule has 0 saturated carbocycles. The molecule has 1 aromatic carbocycles. The Hall–Kier alpha value is -1.35. The van der Waals surface area contributed by atoms with Gasteiger partial charge in [0.15, 0.2) is 0 Å². The van der Waals surface area contributed by atoms with Crippen molar-refractivity contribution in [3.63, 3.8) is 0 Å². The van der Waals surface area contributed by atoms with Crippen LogP contribution in [0.4, 0.5) is 0 Å². The first-order valence-corrected chi connectivity index (χ1v) is 6.10. The zero-order valence-electron chi connectivity index (χ0n) is 10.5. The molecule has 0 aromatic heterocycles. The van der Waals surface area contributed by atoms with Gasteiger partial charge in [0.1, 0.15) is 0 Å². The predicted octanol–water partition coefficient (Wildman–Crippen LogP) is 1.89. The fourth-order valence-electron chi connectivity index (χ4n) is 2.31.